The molecule has 0 bridgehead atoms. The predicted octanol–water partition coefficient (Wildman–Crippen LogP) is 2.40. The summed E-state index contributed by atoms with van der Waals surface area (Å²) in [6.45, 7) is 1.87. The van der Waals surface area contributed by atoms with Crippen LogP contribution in [-0.4, -0.2) is 13.4 Å². The van der Waals surface area contributed by atoms with Crippen molar-refractivity contribution in [2.75, 3.05) is 0 Å². The minimum absolute atomic E-state index is 0.154. The van der Waals surface area contributed by atoms with Crippen molar-refractivity contribution in [3.63, 3.8) is 0 Å². The Labute approximate surface area is 86.1 Å². The van der Waals surface area contributed by atoms with Crippen LogP contribution >= 0.6 is 10.7 Å². The molecule has 0 amide bonds. The summed E-state index contributed by atoms with van der Waals surface area (Å²) in [4.78, 5) is 3.20. The second-order valence-corrected chi connectivity index (χ2v) is 5.64. The largest absolute Gasteiger partial charge is 0.359 e. The van der Waals surface area contributed by atoms with Crippen molar-refractivity contribution < 1.29 is 8.42 Å². The Hall–Kier alpha value is -1.00. The maximum atomic E-state index is 11.2. The number of benzene rings is 1. The highest BCUT2D eigenvalue weighted by Crippen LogP contribution is 2.25. The van der Waals surface area contributed by atoms with E-state index in [0.717, 1.165) is 11.2 Å². The average molecular weight is 230 g/mol. The zero-order valence-electron chi connectivity index (χ0n) is 7.41. The molecule has 1 heterocycles. The lowest BCUT2D eigenvalue weighted by Gasteiger charge is -1.96. The van der Waals surface area contributed by atoms with Gasteiger partial charge in [-0.25, -0.2) is 8.42 Å². The fourth-order valence-electron chi connectivity index (χ4n) is 1.48. The van der Waals surface area contributed by atoms with Gasteiger partial charge in [-0.05, 0) is 25.1 Å². The van der Waals surface area contributed by atoms with Gasteiger partial charge in [0.2, 0.25) is 0 Å². The van der Waals surface area contributed by atoms with Crippen LogP contribution in [0.15, 0.2) is 29.2 Å². The molecule has 1 N–H and O–H groups in total. The van der Waals surface area contributed by atoms with Crippen LogP contribution in [0.4, 0.5) is 0 Å². The molecule has 0 spiro atoms. The molecule has 0 radical (unpaired) electrons. The Kier molecular flexibility index (Phi) is 2.05. The first-order chi connectivity index (χ1) is 6.48. The van der Waals surface area contributed by atoms with E-state index in [1.807, 2.05) is 13.0 Å². The van der Waals surface area contributed by atoms with Gasteiger partial charge in [0.05, 0.1) is 4.90 Å². The normalized spacial score (nSPS) is 12.1. The van der Waals surface area contributed by atoms with Crippen LogP contribution in [0.1, 0.15) is 5.69 Å². The number of halogens is 1. The summed E-state index contributed by atoms with van der Waals surface area (Å²) in [5, 5.41) is 0.639. The molecule has 0 fully saturated rings. The van der Waals surface area contributed by atoms with E-state index < -0.39 is 9.05 Å². The van der Waals surface area contributed by atoms with Gasteiger partial charge in [0.15, 0.2) is 0 Å². The smallest absolute Gasteiger partial charge is 0.261 e. The number of aromatic nitrogens is 1. The molecule has 1 aromatic heterocycles. The van der Waals surface area contributed by atoms with Gasteiger partial charge in [0.1, 0.15) is 0 Å². The summed E-state index contributed by atoms with van der Waals surface area (Å²) in [7, 11) is 1.64. The molecule has 0 aliphatic heterocycles. The zero-order chi connectivity index (χ0) is 10.3. The summed E-state index contributed by atoms with van der Waals surface area (Å²) in [5.41, 5.74) is 1.69. The Bertz CT molecular complexity index is 586. The van der Waals surface area contributed by atoms with Gasteiger partial charge in [0, 0.05) is 27.3 Å². The van der Waals surface area contributed by atoms with E-state index in [9.17, 15) is 8.42 Å². The third kappa shape index (κ3) is 1.51. The zero-order valence-corrected chi connectivity index (χ0v) is 8.98. The van der Waals surface area contributed by atoms with E-state index >= 15 is 0 Å². The van der Waals surface area contributed by atoms with E-state index in [0.29, 0.717) is 5.39 Å². The van der Waals surface area contributed by atoms with Crippen LogP contribution in [0.3, 0.4) is 0 Å². The summed E-state index contributed by atoms with van der Waals surface area (Å²) in [6.07, 6.45) is 0. The van der Waals surface area contributed by atoms with Crippen molar-refractivity contribution in [1.82, 2.24) is 4.98 Å². The van der Waals surface area contributed by atoms with Crippen molar-refractivity contribution in [1.29, 1.82) is 0 Å². The number of hydrogen-bond donors (Lipinski definition) is 1. The van der Waals surface area contributed by atoms with Crippen molar-refractivity contribution in [3.8, 4) is 0 Å². The predicted molar refractivity (Wildman–Crippen MR) is 56.1 cm³/mol. The number of nitrogens with one attached hydrogen (secondary N) is 1. The van der Waals surface area contributed by atoms with Crippen molar-refractivity contribution in [2.24, 2.45) is 0 Å². The molecular weight excluding hydrogens is 222 g/mol. The topological polar surface area (TPSA) is 49.9 Å². The lowest BCUT2D eigenvalue weighted by Crippen LogP contribution is -1.90. The molecule has 0 aliphatic rings. The van der Waals surface area contributed by atoms with E-state index in [2.05, 4.69) is 4.98 Å². The SMILES string of the molecule is Cc1cc2c(S(=O)(=O)Cl)cccc2[nH]1. The standard InChI is InChI=1S/C9H8ClNO2S/c1-6-5-7-8(11-6)3-2-4-9(7)14(10,12)13/h2-5,11H,1H3. The van der Waals surface area contributed by atoms with Crippen LogP contribution in [0.2, 0.25) is 0 Å². The third-order valence-electron chi connectivity index (χ3n) is 2.02. The van der Waals surface area contributed by atoms with Gasteiger partial charge in [-0.2, -0.15) is 0 Å². The highest BCUT2D eigenvalue weighted by molar-refractivity contribution is 8.14. The summed E-state index contributed by atoms with van der Waals surface area (Å²) in [5.74, 6) is 0. The minimum atomic E-state index is -3.66. The third-order valence-corrected chi connectivity index (χ3v) is 3.40. The van der Waals surface area contributed by atoms with Gasteiger partial charge >= 0.3 is 0 Å². The Morgan fingerprint density at radius 1 is 1.36 bits per heavy atom. The van der Waals surface area contributed by atoms with Gasteiger partial charge in [-0.1, -0.05) is 6.07 Å². The Morgan fingerprint density at radius 2 is 2.07 bits per heavy atom. The molecular formula is C9H8ClNO2S. The van der Waals surface area contributed by atoms with Crippen LogP contribution in [0.25, 0.3) is 10.9 Å². The van der Waals surface area contributed by atoms with Crippen LogP contribution in [-0.2, 0) is 9.05 Å². The highest BCUT2D eigenvalue weighted by Gasteiger charge is 2.14. The van der Waals surface area contributed by atoms with E-state index in [1.54, 1.807) is 12.1 Å². The maximum Gasteiger partial charge on any atom is 0.261 e. The van der Waals surface area contributed by atoms with E-state index in [4.69, 9.17) is 10.7 Å². The average Bonchev–Trinajstić information content (AvgIpc) is 2.41. The van der Waals surface area contributed by atoms with Crippen molar-refractivity contribution in [2.45, 2.75) is 11.8 Å². The van der Waals surface area contributed by atoms with Gasteiger partial charge in [0.25, 0.3) is 9.05 Å². The number of rotatable bonds is 1. The molecule has 0 aliphatic carbocycles. The van der Waals surface area contributed by atoms with Crippen LogP contribution < -0.4 is 0 Å². The molecule has 0 atom stereocenters. The summed E-state index contributed by atoms with van der Waals surface area (Å²) in [6, 6.07) is 6.74. The maximum absolute atomic E-state index is 11.2. The van der Waals surface area contributed by atoms with Crippen molar-refractivity contribution in [3.05, 3.63) is 30.0 Å². The molecule has 3 nitrogen and oxygen atoms in total. The first kappa shape index (κ1) is 9.55. The quantitative estimate of drug-likeness (QED) is 0.764. The van der Waals surface area contributed by atoms with Gasteiger partial charge < -0.3 is 4.98 Å². The number of fused-ring (bicyclic) bond motifs is 1. The number of H-pyrrole nitrogens is 1. The Morgan fingerprint density at radius 3 is 2.71 bits per heavy atom. The van der Waals surface area contributed by atoms with Crippen molar-refractivity contribution >= 4 is 30.6 Å². The van der Waals surface area contributed by atoms with Crippen LogP contribution in [0.5, 0.6) is 0 Å². The Balaban J connectivity index is 2.90. The lowest BCUT2D eigenvalue weighted by molar-refractivity contribution is 0.610. The van der Waals surface area contributed by atoms with Gasteiger partial charge in [-0.15, -0.1) is 0 Å². The fraction of sp³-hybridized carbons (Fsp3) is 0.111. The van der Waals surface area contributed by atoms with Crippen LogP contribution in [0, 0.1) is 6.92 Å². The number of hydrogen-bond acceptors (Lipinski definition) is 2. The molecule has 14 heavy (non-hydrogen) atoms. The summed E-state index contributed by atoms with van der Waals surface area (Å²) < 4.78 is 22.4. The molecule has 1 aromatic carbocycles. The lowest BCUT2D eigenvalue weighted by atomic mass is 10.2. The summed E-state index contributed by atoms with van der Waals surface area (Å²) >= 11 is 0. The van der Waals surface area contributed by atoms with E-state index in [-0.39, 0.29) is 4.90 Å². The second-order valence-electron chi connectivity index (χ2n) is 3.11. The first-order valence-corrected chi connectivity index (χ1v) is 6.32. The fourth-order valence-corrected chi connectivity index (χ4v) is 2.56. The molecule has 74 valence electrons. The number of aromatic amines is 1. The molecule has 2 aromatic rings. The minimum Gasteiger partial charge on any atom is -0.359 e. The molecule has 5 heteroatoms. The molecule has 2 rings (SSSR count). The van der Waals surface area contributed by atoms with Gasteiger partial charge in [-0.3, -0.25) is 0 Å². The monoisotopic (exact) mass is 229 g/mol. The molecule has 0 saturated carbocycles. The second kappa shape index (κ2) is 3.00. The number of aryl methyl sites for hydroxylation is 1. The first-order valence-electron chi connectivity index (χ1n) is 4.01. The molecule has 0 unspecified atom stereocenters. The van der Waals surface area contributed by atoms with E-state index in [1.165, 1.54) is 6.07 Å². The molecule has 0 saturated heterocycles. The highest BCUT2D eigenvalue weighted by atomic mass is 35.7.